The number of rotatable bonds is 10. The summed E-state index contributed by atoms with van der Waals surface area (Å²) in [6.07, 6.45) is 0.639. The largest absolute Gasteiger partial charge is 0.481 e. The van der Waals surface area contributed by atoms with Crippen LogP contribution in [-0.4, -0.2) is 108 Å². The number of halogens is 3. The van der Waals surface area contributed by atoms with Crippen molar-refractivity contribution in [3.63, 3.8) is 0 Å². The van der Waals surface area contributed by atoms with E-state index in [1.807, 2.05) is 64.9 Å². The number of piperidine rings is 1. The lowest BCUT2D eigenvalue weighted by Crippen LogP contribution is -2.62. The molecule has 2 saturated heterocycles. The predicted molar refractivity (Wildman–Crippen MR) is 191 cm³/mol. The third-order valence-corrected chi connectivity index (χ3v) is 9.43. The number of anilines is 1. The molecule has 0 atom stereocenters. The van der Waals surface area contributed by atoms with Crippen LogP contribution in [0.4, 0.5) is 23.8 Å². The van der Waals surface area contributed by atoms with Crippen LogP contribution >= 0.6 is 0 Å². The minimum Gasteiger partial charge on any atom is -0.481 e. The number of benzene rings is 2. The number of carbonyl (C=O) groups excluding carboxylic acids is 1. The average Bonchev–Trinajstić information content (AvgIpc) is 3.52. The van der Waals surface area contributed by atoms with Gasteiger partial charge in [-0.1, -0.05) is 18.7 Å². The van der Waals surface area contributed by atoms with E-state index in [0.717, 1.165) is 35.9 Å². The zero-order valence-corrected chi connectivity index (χ0v) is 30.1. The highest BCUT2D eigenvalue weighted by molar-refractivity contribution is 6.07. The first-order chi connectivity index (χ1) is 24.1. The van der Waals surface area contributed by atoms with E-state index in [9.17, 15) is 18.0 Å². The Labute approximate surface area is 295 Å². The third kappa shape index (κ3) is 7.85. The van der Waals surface area contributed by atoms with Gasteiger partial charge in [0.1, 0.15) is 16.9 Å². The molecule has 0 radical (unpaired) electrons. The van der Waals surface area contributed by atoms with Crippen LogP contribution in [0.1, 0.15) is 51.2 Å². The molecule has 1 amide bonds. The summed E-state index contributed by atoms with van der Waals surface area (Å²) in [5.41, 5.74) is 2.83. The lowest BCUT2D eigenvalue weighted by Gasteiger charge is -2.53. The molecule has 2 aromatic carbocycles. The number of hydrogen-bond donors (Lipinski definition) is 1. The fourth-order valence-electron chi connectivity index (χ4n) is 6.97. The van der Waals surface area contributed by atoms with Gasteiger partial charge in [-0.3, -0.25) is 5.10 Å². The van der Waals surface area contributed by atoms with Crippen molar-refractivity contribution in [2.24, 2.45) is 5.41 Å². The summed E-state index contributed by atoms with van der Waals surface area (Å²) >= 11 is 0. The number of aromatic amines is 1. The Hall–Kier alpha value is -4.59. The second kappa shape index (κ2) is 13.9. The SMILES string of the molecule is C=Cc1cc2c(N3CCC4(CC3)CN(C(=O)OC(C)(C)C)C4)nc(OCCCN(C)C)nc2c(OCC(F)(F)F)c1-c1c(C)ccc2[nH]ncc12. The van der Waals surface area contributed by atoms with Crippen LogP contribution in [0.2, 0.25) is 0 Å². The highest BCUT2D eigenvalue weighted by Crippen LogP contribution is 2.48. The van der Waals surface area contributed by atoms with Crippen LogP contribution in [0, 0.1) is 12.3 Å². The van der Waals surface area contributed by atoms with Gasteiger partial charge >= 0.3 is 18.3 Å². The molecule has 0 saturated carbocycles. The second-order valence-corrected chi connectivity index (χ2v) is 14.9. The van der Waals surface area contributed by atoms with Crippen molar-refractivity contribution in [3.8, 4) is 22.9 Å². The topological polar surface area (TPSA) is 109 Å². The Kier molecular flexibility index (Phi) is 9.83. The van der Waals surface area contributed by atoms with Gasteiger partial charge in [-0.25, -0.2) is 4.79 Å². The van der Waals surface area contributed by atoms with Gasteiger partial charge in [-0.15, -0.1) is 0 Å². The summed E-state index contributed by atoms with van der Waals surface area (Å²) in [4.78, 5) is 28.2. The number of aromatic nitrogens is 4. The van der Waals surface area contributed by atoms with Crippen LogP contribution in [0.3, 0.4) is 0 Å². The summed E-state index contributed by atoms with van der Waals surface area (Å²) in [6, 6.07) is 5.70. The van der Waals surface area contributed by atoms with E-state index >= 15 is 0 Å². The summed E-state index contributed by atoms with van der Waals surface area (Å²) in [5.74, 6) is 0.518. The van der Waals surface area contributed by atoms with Crippen LogP contribution < -0.4 is 14.4 Å². The van der Waals surface area contributed by atoms with Gasteiger partial charge in [0.25, 0.3) is 0 Å². The fraction of sp³-hybridized carbons (Fsp3) is 0.514. The molecule has 2 fully saturated rings. The number of nitrogens with one attached hydrogen (secondary N) is 1. The van der Waals surface area contributed by atoms with Crippen molar-refractivity contribution in [1.82, 2.24) is 30.0 Å². The average molecular weight is 710 g/mol. The molecule has 1 N–H and O–H groups in total. The zero-order chi connectivity index (χ0) is 36.7. The molecule has 4 heterocycles. The number of alkyl halides is 3. The third-order valence-electron chi connectivity index (χ3n) is 9.43. The number of carbonyl (C=O) groups is 1. The highest BCUT2D eigenvalue weighted by Gasteiger charge is 2.48. The molecule has 11 nitrogen and oxygen atoms in total. The van der Waals surface area contributed by atoms with E-state index in [-0.39, 0.29) is 28.8 Å². The summed E-state index contributed by atoms with van der Waals surface area (Å²) in [6.45, 7) is 13.5. The monoisotopic (exact) mass is 709 g/mol. The summed E-state index contributed by atoms with van der Waals surface area (Å²) in [7, 11) is 3.93. The van der Waals surface area contributed by atoms with Crippen molar-refractivity contribution in [3.05, 3.63) is 42.1 Å². The maximum atomic E-state index is 13.9. The lowest BCUT2D eigenvalue weighted by atomic mass is 9.72. The number of fused-ring (bicyclic) bond motifs is 2. The van der Waals surface area contributed by atoms with Gasteiger partial charge < -0.3 is 28.9 Å². The van der Waals surface area contributed by atoms with Crippen LogP contribution in [0.15, 0.2) is 31.0 Å². The first-order valence-corrected chi connectivity index (χ1v) is 17.2. The second-order valence-electron chi connectivity index (χ2n) is 14.9. The Balaban J connectivity index is 1.43. The van der Waals surface area contributed by atoms with Crippen LogP contribution in [0.25, 0.3) is 39.0 Å². The van der Waals surface area contributed by atoms with E-state index in [1.54, 1.807) is 17.2 Å². The molecule has 0 aliphatic carbocycles. The molecular formula is C37H46F3N7O4. The molecule has 2 aromatic heterocycles. The molecule has 51 heavy (non-hydrogen) atoms. The summed E-state index contributed by atoms with van der Waals surface area (Å²) < 4.78 is 59.0. The zero-order valence-electron chi connectivity index (χ0n) is 30.1. The highest BCUT2D eigenvalue weighted by atomic mass is 19.4. The Bertz CT molecular complexity index is 1920. The van der Waals surface area contributed by atoms with Gasteiger partial charge in [0.15, 0.2) is 12.4 Å². The molecule has 6 rings (SSSR count). The molecular weight excluding hydrogens is 663 g/mol. The molecule has 0 unspecified atom stereocenters. The number of H-pyrrole nitrogens is 1. The van der Waals surface area contributed by atoms with Crippen molar-refractivity contribution in [2.45, 2.75) is 58.7 Å². The molecule has 2 aliphatic heterocycles. The van der Waals surface area contributed by atoms with Crippen molar-refractivity contribution in [2.75, 3.05) is 64.9 Å². The van der Waals surface area contributed by atoms with Crippen LogP contribution in [-0.2, 0) is 4.74 Å². The van der Waals surface area contributed by atoms with Crippen molar-refractivity contribution >= 4 is 39.8 Å². The van der Waals surface area contributed by atoms with Gasteiger partial charge in [-0.2, -0.15) is 28.2 Å². The Morgan fingerprint density at radius 1 is 1.08 bits per heavy atom. The normalized spacial score (nSPS) is 16.2. The van der Waals surface area contributed by atoms with E-state index in [2.05, 4.69) is 21.7 Å². The van der Waals surface area contributed by atoms with Gasteiger partial charge in [-0.05, 0) is 89.9 Å². The maximum absolute atomic E-state index is 13.9. The van der Waals surface area contributed by atoms with E-state index < -0.39 is 18.4 Å². The van der Waals surface area contributed by atoms with E-state index in [0.29, 0.717) is 67.1 Å². The predicted octanol–water partition coefficient (Wildman–Crippen LogP) is 7.23. The fourth-order valence-corrected chi connectivity index (χ4v) is 6.97. The molecule has 2 aliphatic rings. The van der Waals surface area contributed by atoms with Crippen molar-refractivity contribution in [1.29, 1.82) is 0 Å². The Morgan fingerprint density at radius 2 is 1.80 bits per heavy atom. The Morgan fingerprint density at radius 3 is 2.45 bits per heavy atom. The molecule has 4 aromatic rings. The first-order valence-electron chi connectivity index (χ1n) is 17.2. The standard InChI is InChI=1S/C37H46F3N7O4/c1-8-24-18-25-30(31(50-22-37(38,39)40)29(24)28-23(2)10-11-27-26(28)19-41-44-27)42-33(49-17-9-14-45(6)7)43-32(25)46-15-12-36(13-16-46)20-47(21-36)34(48)51-35(3,4)5/h8,10-11,18-19H,1,9,12-17,20-22H2,2-7H3,(H,41,44). The number of hydrogen-bond acceptors (Lipinski definition) is 9. The quantitative estimate of drug-likeness (QED) is 0.171. The number of nitrogens with zero attached hydrogens (tertiary/aromatic N) is 6. The molecule has 1 spiro atoms. The summed E-state index contributed by atoms with van der Waals surface area (Å²) in [5, 5.41) is 8.42. The smallest absolute Gasteiger partial charge is 0.422 e. The van der Waals surface area contributed by atoms with E-state index in [1.165, 1.54) is 0 Å². The first kappa shape index (κ1) is 36.2. The van der Waals surface area contributed by atoms with Gasteiger partial charge in [0.05, 0.1) is 18.3 Å². The molecule has 14 heteroatoms. The van der Waals surface area contributed by atoms with Gasteiger partial charge in [0, 0.05) is 54.5 Å². The number of aryl methyl sites for hydroxylation is 1. The number of ether oxygens (including phenoxy) is 3. The number of amides is 1. The lowest BCUT2D eigenvalue weighted by molar-refractivity contribution is -0.153. The number of likely N-dealkylation sites (tertiary alicyclic amines) is 1. The molecule has 0 bridgehead atoms. The van der Waals surface area contributed by atoms with Crippen LogP contribution in [0.5, 0.6) is 11.8 Å². The minimum absolute atomic E-state index is 0.0289. The van der Waals surface area contributed by atoms with Gasteiger partial charge in [0.2, 0.25) is 0 Å². The van der Waals surface area contributed by atoms with Crippen molar-refractivity contribution < 1.29 is 32.2 Å². The molecule has 274 valence electrons. The maximum Gasteiger partial charge on any atom is 0.422 e. The minimum atomic E-state index is -4.61. The van der Waals surface area contributed by atoms with E-state index in [4.69, 9.17) is 24.2 Å².